The normalized spacial score (nSPS) is 11.2. The maximum absolute atomic E-state index is 4.56. The number of rotatable bonds is 19. The Kier molecular flexibility index (Phi) is 16.4. The summed E-state index contributed by atoms with van der Waals surface area (Å²) in [7, 11) is 0. The Hall–Kier alpha value is -1.57. The SMILES string of the molecule is C=CN(C=NCCCCCCCCCCCCCCCC)Cc1ccccc1. The molecule has 0 atom stereocenters. The van der Waals surface area contributed by atoms with E-state index in [-0.39, 0.29) is 0 Å². The average molecular weight is 385 g/mol. The van der Waals surface area contributed by atoms with E-state index in [4.69, 9.17) is 0 Å². The Morgan fingerprint density at radius 1 is 0.750 bits per heavy atom. The van der Waals surface area contributed by atoms with Crippen molar-refractivity contribution in [3.63, 3.8) is 0 Å². The molecule has 0 saturated heterocycles. The lowest BCUT2D eigenvalue weighted by Crippen LogP contribution is -2.14. The third kappa shape index (κ3) is 14.5. The molecule has 0 N–H and O–H groups in total. The van der Waals surface area contributed by atoms with Gasteiger partial charge < -0.3 is 4.90 Å². The van der Waals surface area contributed by atoms with Gasteiger partial charge in [-0.05, 0) is 18.2 Å². The lowest BCUT2D eigenvalue weighted by atomic mass is 10.0. The summed E-state index contributed by atoms with van der Waals surface area (Å²) >= 11 is 0. The summed E-state index contributed by atoms with van der Waals surface area (Å²) in [5.74, 6) is 0. The van der Waals surface area contributed by atoms with Gasteiger partial charge in [0.05, 0.1) is 6.34 Å². The molecule has 0 bridgehead atoms. The van der Waals surface area contributed by atoms with Crippen LogP contribution in [0.3, 0.4) is 0 Å². The second-order valence-electron chi connectivity index (χ2n) is 7.96. The Bertz CT molecular complexity index is 480. The molecule has 158 valence electrons. The van der Waals surface area contributed by atoms with Gasteiger partial charge in [0.25, 0.3) is 0 Å². The van der Waals surface area contributed by atoms with Crippen LogP contribution in [0.25, 0.3) is 0 Å². The van der Waals surface area contributed by atoms with Gasteiger partial charge in [-0.1, -0.05) is 127 Å². The van der Waals surface area contributed by atoms with Crippen molar-refractivity contribution in [2.45, 2.75) is 103 Å². The summed E-state index contributed by atoms with van der Waals surface area (Å²) in [5, 5.41) is 0. The number of hydrogen-bond donors (Lipinski definition) is 0. The molecule has 2 heteroatoms. The predicted octanol–water partition coefficient (Wildman–Crippen LogP) is 8.14. The molecule has 0 amide bonds. The largest absolute Gasteiger partial charge is 0.336 e. The summed E-state index contributed by atoms with van der Waals surface area (Å²) in [5.41, 5.74) is 1.28. The number of benzene rings is 1. The van der Waals surface area contributed by atoms with Crippen molar-refractivity contribution in [2.75, 3.05) is 6.54 Å². The molecule has 0 heterocycles. The fraction of sp³-hybridized carbons (Fsp3) is 0.654. The van der Waals surface area contributed by atoms with E-state index in [1.54, 1.807) is 0 Å². The van der Waals surface area contributed by atoms with Crippen molar-refractivity contribution in [3.8, 4) is 0 Å². The monoisotopic (exact) mass is 384 g/mol. The van der Waals surface area contributed by atoms with Crippen molar-refractivity contribution in [1.29, 1.82) is 0 Å². The van der Waals surface area contributed by atoms with Gasteiger partial charge in [0.15, 0.2) is 0 Å². The molecule has 28 heavy (non-hydrogen) atoms. The van der Waals surface area contributed by atoms with Crippen LogP contribution in [-0.4, -0.2) is 17.8 Å². The minimum absolute atomic E-state index is 0.840. The van der Waals surface area contributed by atoms with E-state index in [2.05, 4.69) is 47.7 Å². The van der Waals surface area contributed by atoms with Crippen LogP contribution in [0.2, 0.25) is 0 Å². The summed E-state index contributed by atoms with van der Waals surface area (Å²) in [6, 6.07) is 10.5. The molecule has 1 aromatic carbocycles. The molecule has 0 radical (unpaired) electrons. The molecule has 0 saturated carbocycles. The zero-order valence-corrected chi connectivity index (χ0v) is 18.5. The zero-order chi connectivity index (χ0) is 20.1. The van der Waals surface area contributed by atoms with E-state index >= 15 is 0 Å². The first-order valence-corrected chi connectivity index (χ1v) is 11.8. The van der Waals surface area contributed by atoms with E-state index in [1.165, 1.54) is 95.5 Å². The number of aliphatic imine (C=N–C) groups is 1. The number of hydrogen-bond acceptors (Lipinski definition) is 1. The molecular weight excluding hydrogens is 340 g/mol. The van der Waals surface area contributed by atoms with Crippen LogP contribution >= 0.6 is 0 Å². The standard InChI is InChI=1S/C26H44N2/c1-3-5-6-7-8-9-10-11-12-13-14-15-16-20-23-27-25-28(4-2)24-26-21-18-17-19-22-26/h4,17-19,21-22,25H,2-3,5-16,20,23-24H2,1H3. The first-order chi connectivity index (χ1) is 13.9. The molecule has 0 aliphatic heterocycles. The molecule has 0 spiro atoms. The van der Waals surface area contributed by atoms with Crippen LogP contribution in [0, 0.1) is 0 Å². The smallest absolute Gasteiger partial charge is 0.0892 e. The van der Waals surface area contributed by atoms with Crippen molar-refractivity contribution in [2.24, 2.45) is 4.99 Å². The molecule has 2 nitrogen and oxygen atoms in total. The van der Waals surface area contributed by atoms with Crippen molar-refractivity contribution >= 4 is 6.34 Å². The van der Waals surface area contributed by atoms with Gasteiger partial charge in [-0.3, -0.25) is 4.99 Å². The molecule has 0 unspecified atom stereocenters. The zero-order valence-electron chi connectivity index (χ0n) is 18.5. The maximum Gasteiger partial charge on any atom is 0.0892 e. The Labute approximate surface area is 175 Å². The molecule has 0 aliphatic carbocycles. The van der Waals surface area contributed by atoms with Crippen LogP contribution < -0.4 is 0 Å². The van der Waals surface area contributed by atoms with Gasteiger partial charge in [-0.2, -0.15) is 0 Å². The highest BCUT2D eigenvalue weighted by atomic mass is 15.1. The minimum atomic E-state index is 0.840. The van der Waals surface area contributed by atoms with E-state index in [9.17, 15) is 0 Å². The Balaban J connectivity index is 1.88. The first kappa shape index (κ1) is 24.5. The van der Waals surface area contributed by atoms with Crippen LogP contribution in [0.5, 0.6) is 0 Å². The van der Waals surface area contributed by atoms with Crippen LogP contribution in [0.1, 0.15) is 102 Å². The van der Waals surface area contributed by atoms with Gasteiger partial charge in [0.1, 0.15) is 0 Å². The van der Waals surface area contributed by atoms with Crippen LogP contribution in [-0.2, 0) is 6.54 Å². The van der Waals surface area contributed by atoms with Gasteiger partial charge >= 0.3 is 0 Å². The molecule has 1 aromatic rings. The molecular formula is C26H44N2. The first-order valence-electron chi connectivity index (χ1n) is 11.8. The topological polar surface area (TPSA) is 15.6 Å². The van der Waals surface area contributed by atoms with Crippen molar-refractivity contribution in [3.05, 3.63) is 48.7 Å². The lowest BCUT2D eigenvalue weighted by Gasteiger charge is -2.13. The maximum atomic E-state index is 4.56. The molecule has 1 rings (SSSR count). The summed E-state index contributed by atoms with van der Waals surface area (Å²) in [4.78, 5) is 6.62. The third-order valence-electron chi connectivity index (χ3n) is 5.31. The second-order valence-corrected chi connectivity index (χ2v) is 7.96. The van der Waals surface area contributed by atoms with Gasteiger partial charge in [-0.25, -0.2) is 0 Å². The van der Waals surface area contributed by atoms with Crippen LogP contribution in [0.15, 0.2) is 48.1 Å². The predicted molar refractivity (Wildman–Crippen MR) is 126 cm³/mol. The third-order valence-corrected chi connectivity index (χ3v) is 5.31. The lowest BCUT2D eigenvalue weighted by molar-refractivity contribution is 0.535. The minimum Gasteiger partial charge on any atom is -0.336 e. The summed E-state index contributed by atoms with van der Waals surface area (Å²) in [6.07, 6.45) is 23.4. The van der Waals surface area contributed by atoms with Gasteiger partial charge in [0, 0.05) is 13.1 Å². The summed E-state index contributed by atoms with van der Waals surface area (Å²) < 4.78 is 0. The number of nitrogens with zero attached hydrogens (tertiary/aromatic N) is 2. The molecule has 0 aliphatic rings. The quantitative estimate of drug-likeness (QED) is 0.133. The van der Waals surface area contributed by atoms with E-state index in [0.717, 1.165) is 13.1 Å². The summed E-state index contributed by atoms with van der Waals surface area (Å²) in [6.45, 7) is 7.94. The highest BCUT2D eigenvalue weighted by Crippen LogP contribution is 2.13. The average Bonchev–Trinajstić information content (AvgIpc) is 2.73. The van der Waals surface area contributed by atoms with E-state index < -0.39 is 0 Å². The van der Waals surface area contributed by atoms with Crippen molar-refractivity contribution in [1.82, 2.24) is 4.90 Å². The van der Waals surface area contributed by atoms with Gasteiger partial charge in [-0.15, -0.1) is 0 Å². The van der Waals surface area contributed by atoms with Gasteiger partial charge in [0.2, 0.25) is 0 Å². The number of unbranched alkanes of at least 4 members (excludes halogenated alkanes) is 13. The van der Waals surface area contributed by atoms with Crippen molar-refractivity contribution < 1.29 is 0 Å². The molecule has 0 fully saturated rings. The fourth-order valence-corrected chi connectivity index (χ4v) is 3.51. The highest BCUT2D eigenvalue weighted by molar-refractivity contribution is 5.56. The fourth-order valence-electron chi connectivity index (χ4n) is 3.51. The van der Waals surface area contributed by atoms with E-state index in [0.29, 0.717) is 0 Å². The molecule has 0 aromatic heterocycles. The Morgan fingerprint density at radius 2 is 1.25 bits per heavy atom. The Morgan fingerprint density at radius 3 is 1.75 bits per heavy atom. The van der Waals surface area contributed by atoms with Crippen LogP contribution in [0.4, 0.5) is 0 Å². The second kappa shape index (κ2) is 18.8. The van der Waals surface area contributed by atoms with E-state index in [1.807, 2.05) is 18.6 Å². The highest BCUT2D eigenvalue weighted by Gasteiger charge is 1.97.